The molecule has 0 saturated heterocycles. The van der Waals surface area contributed by atoms with Crippen LogP contribution in [0.2, 0.25) is 0 Å². The molecule has 23 heavy (non-hydrogen) atoms. The highest BCUT2D eigenvalue weighted by atomic mass is 32.1. The zero-order valence-electron chi connectivity index (χ0n) is 11.7. The third kappa shape index (κ3) is 3.13. The number of thiazole rings is 1. The topological polar surface area (TPSA) is 87.2 Å². The Morgan fingerprint density at radius 3 is 2.78 bits per heavy atom. The average molecular weight is 345 g/mol. The first kappa shape index (κ1) is 15.3. The highest BCUT2D eigenvalue weighted by Gasteiger charge is 2.17. The molecule has 0 unspecified atom stereocenters. The van der Waals surface area contributed by atoms with Crippen LogP contribution in [-0.2, 0) is 11.3 Å². The summed E-state index contributed by atoms with van der Waals surface area (Å²) in [6.07, 6.45) is 3.29. The summed E-state index contributed by atoms with van der Waals surface area (Å²) < 4.78 is 1.48. The van der Waals surface area contributed by atoms with E-state index in [0.717, 1.165) is 22.5 Å². The fourth-order valence-corrected chi connectivity index (χ4v) is 3.38. The van der Waals surface area contributed by atoms with E-state index in [9.17, 15) is 9.90 Å². The Kier molecular flexibility index (Phi) is 4.18. The smallest absolute Gasteiger partial charge is 0.323 e. The molecule has 0 bridgehead atoms. The van der Waals surface area contributed by atoms with Gasteiger partial charge in [-0.05, 0) is 18.3 Å². The standard InChI is InChI=1S/C15H11N3O3S2/c19-12(20)8-18-14(21)11(23-15(18)22)6-10-7-16-17-13(10)9-4-2-1-3-5-9/h1-7,21H,8H2,(H,19,20). The molecule has 2 heterocycles. The monoisotopic (exact) mass is 345 g/mol. The molecule has 2 N–H and O–H groups in total. The van der Waals surface area contributed by atoms with E-state index < -0.39 is 5.97 Å². The number of nitrogens with zero attached hydrogens (tertiary/aromatic N) is 3. The van der Waals surface area contributed by atoms with Gasteiger partial charge in [-0.15, -0.1) is 16.4 Å². The number of benzene rings is 1. The summed E-state index contributed by atoms with van der Waals surface area (Å²) in [6, 6.07) is 9.54. The molecule has 0 amide bonds. The molecule has 0 spiro atoms. The fourth-order valence-electron chi connectivity index (χ4n) is 2.12. The lowest BCUT2D eigenvalue weighted by Crippen LogP contribution is -2.08. The second-order valence-electron chi connectivity index (χ2n) is 4.69. The lowest BCUT2D eigenvalue weighted by atomic mass is 10.0. The largest absolute Gasteiger partial charge is 0.493 e. The molecule has 1 aromatic carbocycles. The summed E-state index contributed by atoms with van der Waals surface area (Å²) in [5.41, 5.74) is 2.32. The maximum Gasteiger partial charge on any atom is 0.323 e. The molecule has 2 aromatic rings. The van der Waals surface area contributed by atoms with E-state index in [1.165, 1.54) is 4.57 Å². The lowest BCUT2D eigenvalue weighted by molar-refractivity contribution is -0.137. The quantitative estimate of drug-likeness (QED) is 0.834. The van der Waals surface area contributed by atoms with Crippen molar-refractivity contribution in [1.82, 2.24) is 4.57 Å². The number of carboxylic acid groups (broad SMARTS) is 1. The molecule has 0 fully saturated rings. The summed E-state index contributed by atoms with van der Waals surface area (Å²) in [7, 11) is 0. The Morgan fingerprint density at radius 2 is 2.09 bits per heavy atom. The molecule has 1 aromatic heterocycles. The van der Waals surface area contributed by atoms with Crippen LogP contribution in [0.5, 0.6) is 5.88 Å². The molecule has 3 rings (SSSR count). The van der Waals surface area contributed by atoms with Gasteiger partial charge >= 0.3 is 5.97 Å². The van der Waals surface area contributed by atoms with Crippen LogP contribution in [0.1, 0.15) is 10.4 Å². The van der Waals surface area contributed by atoms with Crippen LogP contribution in [0.4, 0.5) is 0 Å². The highest BCUT2D eigenvalue weighted by molar-refractivity contribution is 7.73. The third-order valence-corrected chi connectivity index (χ3v) is 4.53. The molecule has 116 valence electrons. The second kappa shape index (κ2) is 6.27. The van der Waals surface area contributed by atoms with Crippen molar-refractivity contribution in [3.05, 3.63) is 50.3 Å². The van der Waals surface area contributed by atoms with Crippen molar-refractivity contribution in [3.63, 3.8) is 0 Å². The van der Waals surface area contributed by atoms with Crippen LogP contribution < -0.4 is 0 Å². The number of hydrogen-bond acceptors (Lipinski definition) is 6. The molecule has 1 aliphatic rings. The minimum absolute atomic E-state index is 0.164. The van der Waals surface area contributed by atoms with Gasteiger partial charge < -0.3 is 10.2 Å². The Morgan fingerprint density at radius 1 is 1.35 bits per heavy atom. The molecular formula is C15H11N3O3S2. The molecule has 1 aliphatic heterocycles. The minimum atomic E-state index is -1.07. The first-order chi connectivity index (χ1) is 11.1. The van der Waals surface area contributed by atoms with Crippen molar-refractivity contribution >= 4 is 47.5 Å². The third-order valence-electron chi connectivity index (χ3n) is 3.15. The van der Waals surface area contributed by atoms with Gasteiger partial charge in [0.1, 0.15) is 12.3 Å². The van der Waals surface area contributed by atoms with Crippen molar-refractivity contribution in [2.45, 2.75) is 6.54 Å². The first-order valence-electron chi connectivity index (χ1n) is 6.59. The molecule has 0 aliphatic carbocycles. The Bertz CT molecular complexity index is 908. The number of aromatic nitrogens is 1. The average Bonchev–Trinajstić information content (AvgIpc) is 3.09. The maximum atomic E-state index is 10.8. The van der Waals surface area contributed by atoms with Crippen LogP contribution in [0, 0.1) is 3.95 Å². The van der Waals surface area contributed by atoms with E-state index in [-0.39, 0.29) is 12.4 Å². The number of carboxylic acids is 1. The van der Waals surface area contributed by atoms with Gasteiger partial charge in [0.2, 0.25) is 5.88 Å². The lowest BCUT2D eigenvalue weighted by Gasteiger charge is -2.02. The molecule has 0 atom stereocenters. The van der Waals surface area contributed by atoms with Gasteiger partial charge in [-0.25, -0.2) is 0 Å². The van der Waals surface area contributed by atoms with E-state index in [4.69, 9.17) is 17.3 Å². The number of carbonyl (C=O) groups is 1. The molecule has 8 heteroatoms. The van der Waals surface area contributed by atoms with Crippen molar-refractivity contribution < 1.29 is 15.0 Å². The predicted octanol–water partition coefficient (Wildman–Crippen LogP) is 2.94. The van der Waals surface area contributed by atoms with Crippen molar-refractivity contribution in [1.29, 1.82) is 0 Å². The maximum absolute atomic E-state index is 10.8. The summed E-state index contributed by atoms with van der Waals surface area (Å²) in [4.78, 5) is 11.3. The second-order valence-corrected chi connectivity index (χ2v) is 6.37. The van der Waals surface area contributed by atoms with E-state index in [2.05, 4.69) is 10.2 Å². The van der Waals surface area contributed by atoms with E-state index >= 15 is 0 Å². The number of aliphatic carboxylic acids is 1. The Hall–Kier alpha value is -2.58. The number of allylic oxidation sites excluding steroid dienone is 1. The van der Waals surface area contributed by atoms with Gasteiger partial charge in [-0.2, -0.15) is 5.10 Å². The van der Waals surface area contributed by atoms with Gasteiger partial charge in [0, 0.05) is 11.1 Å². The van der Waals surface area contributed by atoms with E-state index in [1.807, 2.05) is 30.3 Å². The summed E-state index contributed by atoms with van der Waals surface area (Å²) in [5.74, 6) is -1.23. The molecule has 6 nitrogen and oxygen atoms in total. The Balaban J connectivity index is 1.99. The van der Waals surface area contributed by atoms with E-state index in [1.54, 1.807) is 12.3 Å². The van der Waals surface area contributed by atoms with Crippen molar-refractivity contribution in [3.8, 4) is 5.88 Å². The van der Waals surface area contributed by atoms with Crippen molar-refractivity contribution in [2.24, 2.45) is 10.2 Å². The number of rotatable bonds is 4. The van der Waals surface area contributed by atoms with Crippen molar-refractivity contribution in [2.75, 3.05) is 0 Å². The van der Waals surface area contributed by atoms with Crippen LogP contribution in [0.3, 0.4) is 0 Å². The Labute approximate surface area is 140 Å². The summed E-state index contributed by atoms with van der Waals surface area (Å²) in [6.45, 7) is -0.377. The highest BCUT2D eigenvalue weighted by Crippen LogP contribution is 2.29. The van der Waals surface area contributed by atoms with Gasteiger partial charge in [-0.3, -0.25) is 9.36 Å². The fraction of sp³-hybridized carbons (Fsp3) is 0.0667. The number of aromatic hydroxyl groups is 1. The minimum Gasteiger partial charge on any atom is -0.493 e. The van der Waals surface area contributed by atoms with Gasteiger partial charge in [0.05, 0.1) is 11.1 Å². The predicted molar refractivity (Wildman–Crippen MR) is 91.9 cm³/mol. The zero-order valence-corrected chi connectivity index (χ0v) is 13.3. The first-order valence-corrected chi connectivity index (χ1v) is 7.81. The zero-order chi connectivity index (χ0) is 16.4. The van der Waals surface area contributed by atoms with Crippen LogP contribution in [0.15, 0.2) is 46.1 Å². The normalized spacial score (nSPS) is 15.1. The van der Waals surface area contributed by atoms with Crippen LogP contribution in [0.25, 0.3) is 6.08 Å². The van der Waals surface area contributed by atoms with Gasteiger partial charge in [-0.1, -0.05) is 30.3 Å². The number of hydrogen-bond donors (Lipinski definition) is 2. The van der Waals surface area contributed by atoms with Crippen LogP contribution in [-0.4, -0.2) is 32.7 Å². The van der Waals surface area contributed by atoms with Gasteiger partial charge in [0.25, 0.3) is 0 Å². The van der Waals surface area contributed by atoms with Crippen LogP contribution >= 0.6 is 23.6 Å². The van der Waals surface area contributed by atoms with E-state index in [0.29, 0.717) is 14.5 Å². The summed E-state index contributed by atoms with van der Waals surface area (Å²) in [5, 5.41) is 27.1. The molecule has 0 radical (unpaired) electrons. The molecule has 0 saturated carbocycles. The molecular weight excluding hydrogens is 334 g/mol. The SMILES string of the molecule is O=C(O)Cn1c(O)c(C=C2C=NN=C2c2ccccc2)sc1=S. The summed E-state index contributed by atoms with van der Waals surface area (Å²) >= 11 is 6.25. The van der Waals surface area contributed by atoms with Gasteiger partial charge in [0.15, 0.2) is 3.95 Å².